The van der Waals surface area contributed by atoms with E-state index in [4.69, 9.17) is 9.90 Å². The fourth-order valence-electron chi connectivity index (χ4n) is 3.66. The zero-order chi connectivity index (χ0) is 22.3. The molecule has 1 amide bonds. The van der Waals surface area contributed by atoms with Crippen LogP contribution in [0.15, 0.2) is 16.8 Å². The van der Waals surface area contributed by atoms with Gasteiger partial charge in [0.15, 0.2) is 0 Å². The van der Waals surface area contributed by atoms with E-state index in [1.807, 2.05) is 28.8 Å². The second-order valence-corrected chi connectivity index (χ2v) is 10.7. The summed E-state index contributed by atoms with van der Waals surface area (Å²) >= 11 is 1.57. The van der Waals surface area contributed by atoms with Crippen LogP contribution >= 0.6 is 11.3 Å². The van der Waals surface area contributed by atoms with Crippen LogP contribution in [0.2, 0.25) is 0 Å². The van der Waals surface area contributed by atoms with Crippen molar-refractivity contribution in [1.82, 2.24) is 9.21 Å². The van der Waals surface area contributed by atoms with Gasteiger partial charge in [-0.25, -0.2) is 13.2 Å². The molecule has 2 saturated heterocycles. The molecule has 13 heteroatoms. The molecule has 1 aromatic heterocycles. The summed E-state index contributed by atoms with van der Waals surface area (Å²) in [6, 6.07) is 1.95. The van der Waals surface area contributed by atoms with E-state index >= 15 is 0 Å². The summed E-state index contributed by atoms with van der Waals surface area (Å²) in [6.45, 7) is 1.97. The second kappa shape index (κ2) is 8.09. The maximum absolute atomic E-state index is 12.5. The van der Waals surface area contributed by atoms with Gasteiger partial charge in [0.25, 0.3) is 0 Å². The number of carboxylic acids is 1. The van der Waals surface area contributed by atoms with Gasteiger partial charge < -0.3 is 10.0 Å². The fourth-order valence-corrected chi connectivity index (χ4v) is 6.22. The molecule has 0 radical (unpaired) electrons. The first-order chi connectivity index (χ1) is 13.9. The van der Waals surface area contributed by atoms with Crippen molar-refractivity contribution in [1.29, 1.82) is 0 Å². The third-order valence-corrected chi connectivity index (χ3v) is 8.61. The number of halogens is 3. The number of thiophene rings is 1. The number of hydrogen-bond donors (Lipinski definition) is 1. The first-order valence-electron chi connectivity index (χ1n) is 9.20. The molecule has 1 aromatic rings. The number of hydrogen-bond acceptors (Lipinski definition) is 6. The van der Waals surface area contributed by atoms with Crippen molar-refractivity contribution in [3.63, 3.8) is 0 Å². The van der Waals surface area contributed by atoms with Crippen molar-refractivity contribution in [2.24, 2.45) is 0 Å². The summed E-state index contributed by atoms with van der Waals surface area (Å²) in [5.74, 6) is -2.67. The first kappa shape index (κ1) is 23.0. The number of nitrogens with zero attached hydrogens (tertiary/aromatic N) is 3. The quantitative estimate of drug-likeness (QED) is 0.722. The standard InChI is InChI=1S/C15H21N3O3S2.C2HF3O2/c1-16-8-14(19)18(12-4-7-22-9-12)11-15(16)5-6-17(10-15)23(20,21)13-2-3-13;3-2(4,5)1(6)7/h4,7,9,13H,2-3,5-6,8,10-11H2,1H3;(H,6,7). The zero-order valence-corrected chi connectivity index (χ0v) is 17.8. The van der Waals surface area contributed by atoms with E-state index < -0.39 is 22.2 Å². The highest BCUT2D eigenvalue weighted by Gasteiger charge is 2.52. The molecular weight excluding hydrogens is 447 g/mol. The monoisotopic (exact) mass is 469 g/mol. The lowest BCUT2D eigenvalue weighted by atomic mass is 9.93. The van der Waals surface area contributed by atoms with E-state index in [9.17, 15) is 26.4 Å². The van der Waals surface area contributed by atoms with E-state index in [2.05, 4.69) is 4.90 Å². The molecule has 4 rings (SSSR count). The maximum atomic E-state index is 12.5. The van der Waals surface area contributed by atoms with Crippen LogP contribution in [0.25, 0.3) is 0 Å². The van der Waals surface area contributed by atoms with Gasteiger partial charge in [-0.2, -0.15) is 28.8 Å². The van der Waals surface area contributed by atoms with Crippen LogP contribution in [0, 0.1) is 0 Å². The van der Waals surface area contributed by atoms with Crippen molar-refractivity contribution in [2.45, 2.75) is 36.2 Å². The molecule has 1 unspecified atom stereocenters. The lowest BCUT2D eigenvalue weighted by molar-refractivity contribution is -0.192. The molecule has 1 atom stereocenters. The number of amides is 1. The summed E-state index contributed by atoms with van der Waals surface area (Å²) in [7, 11) is -1.20. The summed E-state index contributed by atoms with van der Waals surface area (Å²) in [5.41, 5.74) is 0.661. The minimum Gasteiger partial charge on any atom is -0.475 e. The van der Waals surface area contributed by atoms with Gasteiger partial charge in [0, 0.05) is 25.0 Å². The minimum absolute atomic E-state index is 0.0834. The van der Waals surface area contributed by atoms with Crippen LogP contribution in [0.3, 0.4) is 0 Å². The molecule has 3 heterocycles. The number of carbonyl (C=O) groups is 2. The Morgan fingerprint density at radius 3 is 2.43 bits per heavy atom. The number of anilines is 1. The Labute approximate surface area is 175 Å². The van der Waals surface area contributed by atoms with Crippen LogP contribution in [-0.4, -0.2) is 84.8 Å². The van der Waals surface area contributed by atoms with Crippen LogP contribution in [0.5, 0.6) is 0 Å². The molecule has 3 fully saturated rings. The maximum Gasteiger partial charge on any atom is 0.490 e. The predicted molar refractivity (Wildman–Crippen MR) is 104 cm³/mol. The smallest absolute Gasteiger partial charge is 0.475 e. The highest BCUT2D eigenvalue weighted by atomic mass is 32.2. The van der Waals surface area contributed by atoms with Crippen molar-refractivity contribution in [3.8, 4) is 0 Å². The molecule has 1 N–H and O–H groups in total. The normalized spacial score (nSPS) is 26.0. The number of piperazine rings is 1. The molecule has 30 heavy (non-hydrogen) atoms. The number of rotatable bonds is 3. The van der Waals surface area contributed by atoms with Crippen LogP contribution in [-0.2, 0) is 19.6 Å². The molecule has 0 bridgehead atoms. The second-order valence-electron chi connectivity index (χ2n) is 7.67. The fraction of sp³-hybridized carbons (Fsp3) is 0.647. The largest absolute Gasteiger partial charge is 0.490 e. The van der Waals surface area contributed by atoms with E-state index in [-0.39, 0.29) is 16.7 Å². The lowest BCUT2D eigenvalue weighted by Gasteiger charge is -2.46. The topological polar surface area (TPSA) is 98.2 Å². The minimum atomic E-state index is -5.08. The number of carboxylic acid groups (broad SMARTS) is 1. The predicted octanol–water partition coefficient (Wildman–Crippen LogP) is 1.60. The van der Waals surface area contributed by atoms with Crippen molar-refractivity contribution in [2.75, 3.05) is 38.1 Å². The van der Waals surface area contributed by atoms with Gasteiger partial charge in [-0.1, -0.05) is 0 Å². The van der Waals surface area contributed by atoms with Crippen LogP contribution < -0.4 is 4.90 Å². The molecule has 3 aliphatic rings. The molecule has 0 aromatic carbocycles. The third kappa shape index (κ3) is 4.63. The van der Waals surface area contributed by atoms with Gasteiger partial charge in [-0.15, -0.1) is 0 Å². The Kier molecular flexibility index (Phi) is 6.20. The molecular formula is C17H22F3N3O5S2. The summed E-state index contributed by atoms with van der Waals surface area (Å²) < 4.78 is 58.5. The van der Waals surface area contributed by atoms with E-state index in [0.717, 1.165) is 24.9 Å². The Morgan fingerprint density at radius 2 is 1.93 bits per heavy atom. The molecule has 1 aliphatic carbocycles. The summed E-state index contributed by atoms with van der Waals surface area (Å²) in [5, 5.41) is 10.9. The summed E-state index contributed by atoms with van der Waals surface area (Å²) in [4.78, 5) is 25.2. The van der Waals surface area contributed by atoms with Gasteiger partial charge in [0.1, 0.15) is 0 Å². The number of likely N-dealkylation sites (N-methyl/N-ethyl adjacent to an activating group) is 1. The molecule has 168 valence electrons. The molecule has 8 nitrogen and oxygen atoms in total. The molecule has 2 aliphatic heterocycles. The lowest BCUT2D eigenvalue weighted by Crippen LogP contribution is -2.64. The number of alkyl halides is 3. The van der Waals surface area contributed by atoms with Gasteiger partial charge in [-0.3, -0.25) is 9.69 Å². The Balaban J connectivity index is 0.000000318. The van der Waals surface area contributed by atoms with E-state index in [1.165, 1.54) is 0 Å². The number of carbonyl (C=O) groups excluding carboxylic acids is 1. The average Bonchev–Trinajstić information content (AvgIpc) is 3.21. The number of aliphatic carboxylic acids is 1. The summed E-state index contributed by atoms with van der Waals surface area (Å²) in [6.07, 6.45) is -2.72. The van der Waals surface area contributed by atoms with Crippen molar-refractivity contribution < 1.29 is 36.3 Å². The number of sulfonamides is 1. The highest BCUT2D eigenvalue weighted by molar-refractivity contribution is 7.90. The third-order valence-electron chi connectivity index (χ3n) is 5.60. The van der Waals surface area contributed by atoms with Gasteiger partial charge in [0.05, 0.1) is 23.0 Å². The van der Waals surface area contributed by atoms with Crippen LogP contribution in [0.4, 0.5) is 18.9 Å². The van der Waals surface area contributed by atoms with Crippen molar-refractivity contribution >= 4 is 38.9 Å². The van der Waals surface area contributed by atoms with Gasteiger partial charge >= 0.3 is 12.1 Å². The Morgan fingerprint density at radius 1 is 1.30 bits per heavy atom. The van der Waals surface area contributed by atoms with Crippen LogP contribution in [0.1, 0.15) is 19.3 Å². The SMILES string of the molecule is CN1CC(=O)N(c2ccsc2)CC12CCN(S(=O)(=O)C1CC1)C2.O=C(O)C(F)(F)F. The van der Waals surface area contributed by atoms with Gasteiger partial charge in [0.2, 0.25) is 15.9 Å². The van der Waals surface area contributed by atoms with E-state index in [1.54, 1.807) is 15.6 Å². The molecule has 1 saturated carbocycles. The van der Waals surface area contributed by atoms with E-state index in [0.29, 0.717) is 26.2 Å². The average molecular weight is 470 g/mol. The Hall–Kier alpha value is -1.70. The Bertz CT molecular complexity index is 902. The molecule has 1 spiro atoms. The van der Waals surface area contributed by atoms with Gasteiger partial charge in [-0.05, 0) is 37.8 Å². The van der Waals surface area contributed by atoms with Crippen molar-refractivity contribution in [3.05, 3.63) is 16.8 Å². The highest BCUT2D eigenvalue weighted by Crippen LogP contribution is 2.38. The zero-order valence-electron chi connectivity index (χ0n) is 16.1. The first-order valence-corrected chi connectivity index (χ1v) is 11.6.